The Balaban J connectivity index is 1.73. The van der Waals surface area contributed by atoms with Gasteiger partial charge < -0.3 is 4.90 Å². The Morgan fingerprint density at radius 1 is 1.18 bits per heavy atom. The maximum Gasteiger partial charge on any atom is 0.211 e. The van der Waals surface area contributed by atoms with Crippen LogP contribution in [0.4, 0.5) is 0 Å². The van der Waals surface area contributed by atoms with Crippen LogP contribution in [0.15, 0.2) is 0 Å². The first kappa shape index (κ1) is 13.3. The summed E-state index contributed by atoms with van der Waals surface area (Å²) in [5.74, 6) is 0.284. The quantitative estimate of drug-likeness (QED) is 0.784. The highest BCUT2D eigenvalue weighted by atomic mass is 32.2. The van der Waals surface area contributed by atoms with Gasteiger partial charge in [0.15, 0.2) is 0 Å². The minimum absolute atomic E-state index is 0.173. The van der Waals surface area contributed by atoms with E-state index in [4.69, 9.17) is 0 Å². The second-order valence-electron chi connectivity index (χ2n) is 5.33. The summed E-state index contributed by atoms with van der Waals surface area (Å²) in [7, 11) is -3.03. The van der Waals surface area contributed by atoms with Crippen molar-refractivity contribution >= 4 is 10.0 Å². The molecule has 1 saturated carbocycles. The van der Waals surface area contributed by atoms with Gasteiger partial charge in [-0.3, -0.25) is 0 Å². The van der Waals surface area contributed by atoms with Crippen molar-refractivity contribution in [3.8, 4) is 0 Å². The van der Waals surface area contributed by atoms with Gasteiger partial charge in [0, 0.05) is 12.1 Å². The number of piperidine rings is 1. The van der Waals surface area contributed by atoms with E-state index in [0.717, 1.165) is 44.8 Å². The molecule has 0 unspecified atom stereocenters. The minimum atomic E-state index is -3.03. The van der Waals surface area contributed by atoms with Crippen molar-refractivity contribution in [2.75, 3.05) is 18.8 Å². The van der Waals surface area contributed by atoms with Crippen LogP contribution in [0.25, 0.3) is 0 Å². The Labute approximate surface area is 105 Å². The van der Waals surface area contributed by atoms with E-state index in [1.807, 2.05) is 6.92 Å². The lowest BCUT2D eigenvalue weighted by molar-refractivity contribution is 0.199. The predicted octanol–water partition coefficient (Wildman–Crippen LogP) is 1.33. The van der Waals surface area contributed by atoms with Crippen LogP contribution in [0.1, 0.15) is 45.4 Å². The molecule has 2 rings (SSSR count). The normalized spacial score (nSPS) is 24.1. The third-order valence-electron chi connectivity index (χ3n) is 3.71. The van der Waals surface area contributed by atoms with Crippen LogP contribution in [-0.4, -0.2) is 44.2 Å². The zero-order chi connectivity index (χ0) is 12.3. The van der Waals surface area contributed by atoms with Gasteiger partial charge >= 0.3 is 0 Å². The maximum atomic E-state index is 11.8. The summed E-state index contributed by atoms with van der Waals surface area (Å²) in [5, 5.41) is 0. The number of likely N-dealkylation sites (tertiary alicyclic amines) is 1. The topological polar surface area (TPSA) is 49.4 Å². The van der Waals surface area contributed by atoms with Crippen molar-refractivity contribution in [3.63, 3.8) is 0 Å². The summed E-state index contributed by atoms with van der Waals surface area (Å²) in [6.07, 6.45) is 6.32. The zero-order valence-corrected chi connectivity index (χ0v) is 11.5. The molecule has 0 aromatic heterocycles. The lowest BCUT2D eigenvalue weighted by Gasteiger charge is -2.32. The van der Waals surface area contributed by atoms with Gasteiger partial charge in [-0.25, -0.2) is 13.1 Å². The standard InChI is InChI=1S/C12H24N2O2S/c1-2-3-10-17(15,16)13-11-6-8-14(9-7-11)12-4-5-12/h11-13H,2-10H2,1H3. The number of nitrogens with zero attached hydrogens (tertiary/aromatic N) is 1. The molecule has 1 saturated heterocycles. The Bertz CT molecular complexity index is 330. The summed E-state index contributed by atoms with van der Waals surface area (Å²) in [6, 6.07) is 0.986. The van der Waals surface area contributed by atoms with Crippen molar-refractivity contribution in [3.05, 3.63) is 0 Å². The average molecular weight is 260 g/mol. The van der Waals surface area contributed by atoms with E-state index in [9.17, 15) is 8.42 Å². The van der Waals surface area contributed by atoms with E-state index in [-0.39, 0.29) is 11.8 Å². The number of hydrogen-bond acceptors (Lipinski definition) is 3. The highest BCUT2D eigenvalue weighted by molar-refractivity contribution is 7.89. The minimum Gasteiger partial charge on any atom is -0.300 e. The van der Waals surface area contributed by atoms with Crippen LogP contribution < -0.4 is 4.72 Å². The number of hydrogen-bond donors (Lipinski definition) is 1. The van der Waals surface area contributed by atoms with Crippen LogP contribution in [0.2, 0.25) is 0 Å². The molecule has 2 aliphatic rings. The van der Waals surface area contributed by atoms with E-state index in [0.29, 0.717) is 0 Å². The molecule has 0 spiro atoms. The molecule has 1 aliphatic heterocycles. The zero-order valence-electron chi connectivity index (χ0n) is 10.7. The third-order valence-corrected chi connectivity index (χ3v) is 5.22. The van der Waals surface area contributed by atoms with Gasteiger partial charge in [-0.05, 0) is 45.2 Å². The largest absolute Gasteiger partial charge is 0.300 e. The van der Waals surface area contributed by atoms with E-state index in [2.05, 4.69) is 9.62 Å². The van der Waals surface area contributed by atoms with Crippen molar-refractivity contribution in [1.29, 1.82) is 0 Å². The van der Waals surface area contributed by atoms with Gasteiger partial charge in [0.25, 0.3) is 0 Å². The highest BCUT2D eigenvalue weighted by Gasteiger charge is 2.32. The van der Waals surface area contributed by atoms with Gasteiger partial charge in [-0.15, -0.1) is 0 Å². The molecule has 0 aromatic rings. The Kier molecular flexibility index (Phi) is 4.44. The van der Waals surface area contributed by atoms with E-state index < -0.39 is 10.0 Å². The molecule has 5 heteroatoms. The smallest absolute Gasteiger partial charge is 0.211 e. The van der Waals surface area contributed by atoms with E-state index >= 15 is 0 Å². The molecule has 100 valence electrons. The second-order valence-corrected chi connectivity index (χ2v) is 7.21. The number of nitrogens with one attached hydrogen (secondary N) is 1. The molecule has 2 fully saturated rings. The summed E-state index contributed by atoms with van der Waals surface area (Å²) in [5.41, 5.74) is 0. The van der Waals surface area contributed by atoms with Gasteiger partial charge in [-0.2, -0.15) is 0 Å². The lowest BCUT2D eigenvalue weighted by Crippen LogP contribution is -2.45. The van der Waals surface area contributed by atoms with Crippen molar-refractivity contribution < 1.29 is 8.42 Å². The van der Waals surface area contributed by atoms with Crippen molar-refractivity contribution in [2.24, 2.45) is 0 Å². The molecule has 1 N–H and O–H groups in total. The monoisotopic (exact) mass is 260 g/mol. The van der Waals surface area contributed by atoms with E-state index in [1.54, 1.807) is 0 Å². The average Bonchev–Trinajstić information content (AvgIpc) is 3.11. The van der Waals surface area contributed by atoms with Gasteiger partial charge in [0.1, 0.15) is 0 Å². The molecule has 1 heterocycles. The molecule has 1 aliphatic carbocycles. The highest BCUT2D eigenvalue weighted by Crippen LogP contribution is 2.29. The van der Waals surface area contributed by atoms with Crippen molar-refractivity contribution in [1.82, 2.24) is 9.62 Å². The number of sulfonamides is 1. The molecule has 4 nitrogen and oxygen atoms in total. The molecule has 0 atom stereocenters. The predicted molar refractivity (Wildman–Crippen MR) is 69.4 cm³/mol. The van der Waals surface area contributed by atoms with Gasteiger partial charge in [0.05, 0.1) is 5.75 Å². The van der Waals surface area contributed by atoms with Crippen molar-refractivity contribution in [2.45, 2.75) is 57.5 Å². The molecule has 0 aromatic carbocycles. The maximum absolute atomic E-state index is 11.8. The fourth-order valence-electron chi connectivity index (χ4n) is 2.47. The van der Waals surface area contributed by atoms with Gasteiger partial charge in [0.2, 0.25) is 10.0 Å². The fraction of sp³-hybridized carbons (Fsp3) is 1.00. The SMILES string of the molecule is CCCCS(=O)(=O)NC1CCN(C2CC2)CC1. The first-order valence-corrected chi connectivity index (χ1v) is 8.50. The summed E-state index contributed by atoms with van der Waals surface area (Å²) in [6.45, 7) is 4.14. The van der Waals surface area contributed by atoms with Crippen LogP contribution in [0.3, 0.4) is 0 Å². The first-order chi connectivity index (χ1) is 8.11. The Morgan fingerprint density at radius 3 is 2.35 bits per heavy atom. The summed E-state index contributed by atoms with van der Waals surface area (Å²) in [4.78, 5) is 2.51. The second kappa shape index (κ2) is 5.67. The molecular weight excluding hydrogens is 236 g/mol. The summed E-state index contributed by atoms with van der Waals surface area (Å²) < 4.78 is 26.4. The Hall–Kier alpha value is -0.130. The Morgan fingerprint density at radius 2 is 1.82 bits per heavy atom. The summed E-state index contributed by atoms with van der Waals surface area (Å²) >= 11 is 0. The number of rotatable bonds is 6. The van der Waals surface area contributed by atoms with Gasteiger partial charge in [-0.1, -0.05) is 13.3 Å². The first-order valence-electron chi connectivity index (χ1n) is 6.85. The van der Waals surface area contributed by atoms with Crippen LogP contribution in [-0.2, 0) is 10.0 Å². The fourth-order valence-corrected chi connectivity index (χ4v) is 4.00. The molecule has 0 amide bonds. The lowest BCUT2D eigenvalue weighted by atomic mass is 10.1. The molecular formula is C12H24N2O2S. The van der Waals surface area contributed by atoms with E-state index in [1.165, 1.54) is 12.8 Å². The number of unbranched alkanes of at least 4 members (excludes halogenated alkanes) is 1. The third kappa shape index (κ3) is 4.23. The van der Waals surface area contributed by atoms with Crippen LogP contribution in [0.5, 0.6) is 0 Å². The van der Waals surface area contributed by atoms with Crippen LogP contribution in [0, 0.1) is 0 Å². The van der Waals surface area contributed by atoms with Crippen LogP contribution >= 0.6 is 0 Å². The molecule has 0 radical (unpaired) electrons. The molecule has 0 bridgehead atoms. The molecule has 17 heavy (non-hydrogen) atoms.